The summed E-state index contributed by atoms with van der Waals surface area (Å²) in [5.41, 5.74) is 4.51. The molecule has 0 aliphatic carbocycles. The van der Waals surface area contributed by atoms with Crippen LogP contribution < -0.4 is 10.9 Å². The van der Waals surface area contributed by atoms with Gasteiger partial charge in [-0.25, -0.2) is 4.98 Å². The molecule has 1 amide bonds. The second kappa shape index (κ2) is 8.85. The van der Waals surface area contributed by atoms with Gasteiger partial charge < -0.3 is 5.32 Å². The summed E-state index contributed by atoms with van der Waals surface area (Å²) in [5, 5.41) is 5.31. The molecule has 7 heteroatoms. The molecule has 0 fully saturated rings. The third-order valence-electron chi connectivity index (χ3n) is 4.58. The molecule has 0 aliphatic rings. The molecular formula is C23H21N3O2S2. The van der Waals surface area contributed by atoms with Crippen LogP contribution in [-0.2, 0) is 11.3 Å². The van der Waals surface area contributed by atoms with Gasteiger partial charge in [0.05, 0.1) is 17.0 Å². The van der Waals surface area contributed by atoms with E-state index in [1.165, 1.54) is 23.1 Å². The largest absolute Gasteiger partial charge is 0.351 e. The minimum absolute atomic E-state index is 0.101. The van der Waals surface area contributed by atoms with Crippen LogP contribution in [0.3, 0.4) is 0 Å². The highest BCUT2D eigenvalue weighted by Gasteiger charge is 2.16. The van der Waals surface area contributed by atoms with Crippen molar-refractivity contribution in [3.63, 3.8) is 0 Å². The number of hydrogen-bond donors (Lipinski definition) is 1. The molecule has 0 radical (unpaired) electrons. The van der Waals surface area contributed by atoms with Gasteiger partial charge in [0.1, 0.15) is 4.70 Å². The number of amides is 1. The Morgan fingerprint density at radius 1 is 1.10 bits per heavy atom. The van der Waals surface area contributed by atoms with Crippen molar-refractivity contribution in [2.75, 3.05) is 5.75 Å². The Bertz CT molecular complexity index is 1240. The number of aryl methyl sites for hydroxylation is 2. The molecular weight excluding hydrogens is 414 g/mol. The summed E-state index contributed by atoms with van der Waals surface area (Å²) in [4.78, 5) is 30.3. The second-order valence-corrected chi connectivity index (χ2v) is 8.93. The highest BCUT2D eigenvalue weighted by molar-refractivity contribution is 7.99. The van der Waals surface area contributed by atoms with Gasteiger partial charge in [0.15, 0.2) is 5.16 Å². The summed E-state index contributed by atoms with van der Waals surface area (Å²) in [7, 11) is 0. The first-order valence-electron chi connectivity index (χ1n) is 9.53. The Hall–Kier alpha value is -2.90. The molecule has 30 heavy (non-hydrogen) atoms. The normalized spacial score (nSPS) is 11.0. The molecule has 2 heterocycles. The van der Waals surface area contributed by atoms with Gasteiger partial charge >= 0.3 is 0 Å². The van der Waals surface area contributed by atoms with Crippen LogP contribution in [0.15, 0.2) is 69.9 Å². The van der Waals surface area contributed by atoms with E-state index in [-0.39, 0.29) is 17.2 Å². The number of thiophene rings is 1. The van der Waals surface area contributed by atoms with E-state index in [1.54, 1.807) is 4.57 Å². The molecule has 5 nitrogen and oxygen atoms in total. The van der Waals surface area contributed by atoms with Crippen LogP contribution in [0.2, 0.25) is 0 Å². The number of fused-ring (bicyclic) bond motifs is 1. The molecule has 0 atom stereocenters. The fourth-order valence-corrected chi connectivity index (χ4v) is 4.88. The topological polar surface area (TPSA) is 64.0 Å². The maximum absolute atomic E-state index is 13.2. The van der Waals surface area contributed by atoms with Gasteiger partial charge in [0.25, 0.3) is 5.56 Å². The van der Waals surface area contributed by atoms with E-state index in [2.05, 4.69) is 16.4 Å². The molecule has 0 unspecified atom stereocenters. The quantitative estimate of drug-likeness (QED) is 0.358. The number of nitrogens with one attached hydrogen (secondary N) is 1. The van der Waals surface area contributed by atoms with Gasteiger partial charge in [-0.1, -0.05) is 48.2 Å². The first-order chi connectivity index (χ1) is 14.5. The van der Waals surface area contributed by atoms with Crippen LogP contribution >= 0.6 is 23.1 Å². The minimum Gasteiger partial charge on any atom is -0.351 e. The van der Waals surface area contributed by atoms with Crippen molar-refractivity contribution in [1.29, 1.82) is 0 Å². The molecule has 0 bridgehead atoms. The van der Waals surface area contributed by atoms with E-state index in [4.69, 9.17) is 0 Å². The van der Waals surface area contributed by atoms with E-state index in [9.17, 15) is 9.59 Å². The maximum atomic E-state index is 13.2. The lowest BCUT2D eigenvalue weighted by molar-refractivity contribution is -0.118. The van der Waals surface area contributed by atoms with Crippen molar-refractivity contribution < 1.29 is 4.79 Å². The van der Waals surface area contributed by atoms with Crippen LogP contribution in [0.4, 0.5) is 0 Å². The van der Waals surface area contributed by atoms with E-state index in [0.717, 1.165) is 22.4 Å². The van der Waals surface area contributed by atoms with Gasteiger partial charge in [-0.05, 0) is 54.1 Å². The predicted octanol–water partition coefficient (Wildman–Crippen LogP) is 4.47. The number of thioether (sulfide) groups is 1. The third-order valence-corrected chi connectivity index (χ3v) is 6.41. The molecule has 2 aromatic carbocycles. The average Bonchev–Trinajstić information content (AvgIpc) is 3.20. The SMILES string of the molecule is Cc1cc(C)cc(-n2c(SCC(=O)NCc3ccccc3)nc3ccsc3c2=O)c1. The maximum Gasteiger partial charge on any atom is 0.276 e. The van der Waals surface area contributed by atoms with Gasteiger partial charge in [-0.15, -0.1) is 11.3 Å². The Labute approximate surface area is 182 Å². The zero-order valence-corrected chi connectivity index (χ0v) is 18.3. The number of benzene rings is 2. The molecule has 152 valence electrons. The van der Waals surface area contributed by atoms with Gasteiger partial charge in [-0.2, -0.15) is 0 Å². The predicted molar refractivity (Wildman–Crippen MR) is 124 cm³/mol. The third kappa shape index (κ3) is 4.47. The van der Waals surface area contributed by atoms with Gasteiger partial charge in [0.2, 0.25) is 5.91 Å². The zero-order chi connectivity index (χ0) is 21.1. The smallest absolute Gasteiger partial charge is 0.276 e. The van der Waals surface area contributed by atoms with Crippen LogP contribution in [0.5, 0.6) is 0 Å². The summed E-state index contributed by atoms with van der Waals surface area (Å²) in [5.74, 6) is 0.0789. The Morgan fingerprint density at radius 2 is 1.83 bits per heavy atom. The molecule has 0 aliphatic heterocycles. The number of hydrogen-bond acceptors (Lipinski definition) is 5. The van der Waals surface area contributed by atoms with Crippen molar-refractivity contribution in [1.82, 2.24) is 14.9 Å². The van der Waals surface area contributed by atoms with E-state index < -0.39 is 0 Å². The Balaban J connectivity index is 1.61. The first-order valence-corrected chi connectivity index (χ1v) is 11.4. The molecule has 0 spiro atoms. The zero-order valence-electron chi connectivity index (χ0n) is 16.7. The highest BCUT2D eigenvalue weighted by Crippen LogP contribution is 2.24. The lowest BCUT2D eigenvalue weighted by atomic mass is 10.1. The van der Waals surface area contributed by atoms with Crippen LogP contribution in [0, 0.1) is 13.8 Å². The van der Waals surface area contributed by atoms with Crippen molar-refractivity contribution in [3.05, 3.63) is 87.0 Å². The molecule has 2 aromatic heterocycles. The molecule has 1 N–H and O–H groups in total. The molecule has 4 rings (SSSR count). The van der Waals surface area contributed by atoms with Crippen LogP contribution in [0.25, 0.3) is 15.9 Å². The average molecular weight is 436 g/mol. The lowest BCUT2D eigenvalue weighted by Crippen LogP contribution is -2.26. The monoisotopic (exact) mass is 435 g/mol. The van der Waals surface area contributed by atoms with Crippen LogP contribution in [0.1, 0.15) is 16.7 Å². The summed E-state index contributed by atoms with van der Waals surface area (Å²) < 4.78 is 2.24. The highest BCUT2D eigenvalue weighted by atomic mass is 32.2. The molecule has 0 saturated heterocycles. The number of aromatic nitrogens is 2. The lowest BCUT2D eigenvalue weighted by Gasteiger charge is -2.13. The fraction of sp³-hybridized carbons (Fsp3) is 0.174. The number of carbonyl (C=O) groups excluding carboxylic acids is 1. The standard InChI is InChI=1S/C23H21N3O2S2/c1-15-10-16(2)12-18(11-15)26-22(28)21-19(8-9-29-21)25-23(26)30-14-20(27)24-13-17-6-4-3-5-7-17/h3-12H,13-14H2,1-2H3,(H,24,27). The van der Waals surface area contributed by atoms with Crippen LogP contribution in [-0.4, -0.2) is 21.2 Å². The van der Waals surface area contributed by atoms with Crippen molar-refractivity contribution in [2.45, 2.75) is 25.5 Å². The summed E-state index contributed by atoms with van der Waals surface area (Å²) in [6.07, 6.45) is 0. The van der Waals surface area contributed by atoms with E-state index >= 15 is 0 Å². The Morgan fingerprint density at radius 3 is 2.57 bits per heavy atom. The molecule has 4 aromatic rings. The van der Waals surface area contributed by atoms with E-state index in [0.29, 0.717) is 21.9 Å². The Kier molecular flexibility index (Phi) is 6.01. The number of nitrogens with zero attached hydrogens (tertiary/aromatic N) is 2. The van der Waals surface area contributed by atoms with E-state index in [1.807, 2.05) is 67.8 Å². The van der Waals surface area contributed by atoms with Crippen molar-refractivity contribution >= 4 is 39.2 Å². The minimum atomic E-state index is -0.104. The fourth-order valence-electron chi connectivity index (χ4n) is 3.27. The first kappa shape index (κ1) is 20.4. The number of carbonyl (C=O) groups is 1. The summed E-state index contributed by atoms with van der Waals surface area (Å²) in [6, 6.07) is 17.6. The molecule has 0 saturated carbocycles. The van der Waals surface area contributed by atoms with Gasteiger partial charge in [-0.3, -0.25) is 14.2 Å². The van der Waals surface area contributed by atoms with Gasteiger partial charge in [0, 0.05) is 6.54 Å². The van der Waals surface area contributed by atoms with Crippen molar-refractivity contribution in [3.8, 4) is 5.69 Å². The van der Waals surface area contributed by atoms with Crippen molar-refractivity contribution in [2.24, 2.45) is 0 Å². The second-order valence-electron chi connectivity index (χ2n) is 7.07. The number of rotatable bonds is 6. The summed E-state index contributed by atoms with van der Waals surface area (Å²) >= 11 is 2.66. The summed E-state index contributed by atoms with van der Waals surface area (Å²) in [6.45, 7) is 4.48.